The number of aromatic carboxylic acids is 1. The molecule has 0 saturated carbocycles. The number of rotatable bonds is 1. The molecular weight excluding hydrogens is 200 g/mol. The van der Waals surface area contributed by atoms with Gasteiger partial charge in [0.2, 0.25) is 0 Å². The molecule has 15 heavy (non-hydrogen) atoms. The average molecular weight is 208 g/mol. The maximum absolute atomic E-state index is 11.5. The number of carbonyl (C=O) groups is 2. The first kappa shape index (κ1) is 9.45. The highest BCUT2D eigenvalue weighted by atomic mass is 16.4. The van der Waals surface area contributed by atoms with Crippen molar-refractivity contribution >= 4 is 11.9 Å². The molecule has 0 atom stereocenters. The maximum Gasteiger partial charge on any atom is 0.335 e. The van der Waals surface area contributed by atoms with Crippen molar-refractivity contribution in [2.75, 3.05) is 6.54 Å². The molecule has 1 aromatic heterocycles. The van der Waals surface area contributed by atoms with Crippen LogP contribution >= 0.6 is 0 Å². The summed E-state index contributed by atoms with van der Waals surface area (Å²) in [5.41, 5.74) is -0.519. The molecule has 0 spiro atoms. The zero-order valence-corrected chi connectivity index (χ0v) is 7.69. The van der Waals surface area contributed by atoms with E-state index >= 15 is 0 Å². The molecule has 0 saturated heterocycles. The molecule has 2 heterocycles. The van der Waals surface area contributed by atoms with Crippen molar-refractivity contribution < 1.29 is 14.7 Å². The number of hydrogen-bond acceptors (Lipinski definition) is 3. The topological polar surface area (TPSA) is 88.4 Å². The van der Waals surface area contributed by atoms with Gasteiger partial charge in [-0.25, -0.2) is 4.79 Å². The second kappa shape index (κ2) is 3.23. The Balaban J connectivity index is 2.67. The molecule has 78 valence electrons. The van der Waals surface area contributed by atoms with Crippen LogP contribution in [-0.4, -0.2) is 28.1 Å². The van der Waals surface area contributed by atoms with Gasteiger partial charge < -0.3 is 15.0 Å². The summed E-state index contributed by atoms with van der Waals surface area (Å²) in [7, 11) is 0. The fourth-order valence-electron chi connectivity index (χ4n) is 1.51. The minimum Gasteiger partial charge on any atom is -0.478 e. The highest BCUT2D eigenvalue weighted by Crippen LogP contribution is 2.05. The molecule has 2 N–H and O–H groups in total. The van der Waals surface area contributed by atoms with Gasteiger partial charge in [0.1, 0.15) is 5.69 Å². The summed E-state index contributed by atoms with van der Waals surface area (Å²) in [6.07, 6.45) is 0. The van der Waals surface area contributed by atoms with Crippen LogP contribution in [0.4, 0.5) is 0 Å². The molecular formula is C9H8N2O4. The summed E-state index contributed by atoms with van der Waals surface area (Å²) in [4.78, 5) is 33.5. The van der Waals surface area contributed by atoms with E-state index in [0.717, 1.165) is 6.07 Å². The van der Waals surface area contributed by atoms with Crippen molar-refractivity contribution in [1.29, 1.82) is 0 Å². The molecule has 0 unspecified atom stereocenters. The van der Waals surface area contributed by atoms with Crippen molar-refractivity contribution in [2.45, 2.75) is 6.54 Å². The third kappa shape index (κ3) is 1.50. The lowest BCUT2D eigenvalue weighted by molar-refractivity contribution is 0.0696. The Labute approximate surface area is 84.1 Å². The van der Waals surface area contributed by atoms with E-state index in [4.69, 9.17) is 5.11 Å². The molecule has 0 fully saturated rings. The van der Waals surface area contributed by atoms with Gasteiger partial charge in [-0.3, -0.25) is 9.59 Å². The smallest absolute Gasteiger partial charge is 0.335 e. The molecule has 6 nitrogen and oxygen atoms in total. The van der Waals surface area contributed by atoms with Crippen LogP contribution in [0.2, 0.25) is 0 Å². The molecule has 2 rings (SSSR count). The third-order valence-electron chi connectivity index (χ3n) is 2.23. The number of carboxylic acids is 1. The van der Waals surface area contributed by atoms with Crippen LogP contribution in [0.1, 0.15) is 20.8 Å². The number of fused-ring (bicyclic) bond motifs is 1. The number of carboxylic acid groups (broad SMARTS) is 1. The molecule has 0 aliphatic carbocycles. The van der Waals surface area contributed by atoms with Gasteiger partial charge in [-0.15, -0.1) is 0 Å². The fraction of sp³-hybridized carbons (Fsp3) is 0.222. The number of carbonyl (C=O) groups excluding carboxylic acids is 1. The fourth-order valence-corrected chi connectivity index (χ4v) is 1.51. The minimum atomic E-state index is -1.21. The van der Waals surface area contributed by atoms with E-state index in [1.54, 1.807) is 0 Å². The first-order valence-corrected chi connectivity index (χ1v) is 4.36. The van der Waals surface area contributed by atoms with E-state index in [2.05, 4.69) is 5.32 Å². The van der Waals surface area contributed by atoms with E-state index < -0.39 is 17.4 Å². The number of nitrogens with zero attached hydrogens (tertiary/aromatic N) is 1. The molecule has 0 radical (unpaired) electrons. The van der Waals surface area contributed by atoms with E-state index in [0.29, 0.717) is 13.1 Å². The van der Waals surface area contributed by atoms with Gasteiger partial charge >= 0.3 is 5.97 Å². The van der Waals surface area contributed by atoms with Crippen molar-refractivity contribution in [3.05, 3.63) is 33.7 Å². The third-order valence-corrected chi connectivity index (χ3v) is 2.23. The van der Waals surface area contributed by atoms with E-state index in [1.807, 2.05) is 0 Å². The van der Waals surface area contributed by atoms with Crippen LogP contribution in [0.3, 0.4) is 0 Å². The van der Waals surface area contributed by atoms with Crippen molar-refractivity contribution in [1.82, 2.24) is 9.88 Å². The van der Waals surface area contributed by atoms with Crippen LogP contribution in [0, 0.1) is 0 Å². The van der Waals surface area contributed by atoms with Crippen LogP contribution in [0.5, 0.6) is 0 Å². The highest BCUT2D eigenvalue weighted by Gasteiger charge is 2.19. The van der Waals surface area contributed by atoms with Gasteiger partial charge in [-0.2, -0.15) is 0 Å². The summed E-state index contributed by atoms with van der Waals surface area (Å²) >= 11 is 0. The Morgan fingerprint density at radius 2 is 2.13 bits per heavy atom. The maximum atomic E-state index is 11.5. The quantitative estimate of drug-likeness (QED) is 0.638. The lowest BCUT2D eigenvalue weighted by Gasteiger charge is -2.18. The molecule has 0 aromatic carbocycles. The van der Waals surface area contributed by atoms with Gasteiger partial charge in [0.25, 0.3) is 11.5 Å². The standard InChI is InChI=1S/C9H8N2O4/c12-7-4-5(9(14)15)3-6-8(13)10-1-2-11(6)7/h3-4H,1-2H2,(H,10,13)(H,14,15). The molecule has 1 aromatic rings. The van der Waals surface area contributed by atoms with E-state index in [-0.39, 0.29) is 11.3 Å². The Bertz CT molecular complexity index is 503. The summed E-state index contributed by atoms with van der Waals surface area (Å²) < 4.78 is 1.27. The molecule has 1 amide bonds. The van der Waals surface area contributed by atoms with Gasteiger partial charge in [0, 0.05) is 19.2 Å². The first-order valence-electron chi connectivity index (χ1n) is 4.36. The summed E-state index contributed by atoms with van der Waals surface area (Å²) in [6, 6.07) is 2.22. The average Bonchev–Trinajstić information content (AvgIpc) is 2.19. The second-order valence-corrected chi connectivity index (χ2v) is 3.18. The highest BCUT2D eigenvalue weighted by molar-refractivity contribution is 5.96. The molecule has 1 aliphatic rings. The summed E-state index contributed by atoms with van der Waals surface area (Å²) in [6.45, 7) is 0.762. The van der Waals surface area contributed by atoms with Crippen LogP contribution in [0.15, 0.2) is 16.9 Å². The normalized spacial score (nSPS) is 14.3. The molecule has 1 aliphatic heterocycles. The molecule has 6 heteroatoms. The summed E-state index contributed by atoms with van der Waals surface area (Å²) in [5, 5.41) is 11.3. The Kier molecular flexibility index (Phi) is 2.03. The van der Waals surface area contributed by atoms with Crippen molar-refractivity contribution in [3.63, 3.8) is 0 Å². The predicted octanol–water partition coefficient (Wildman–Crippen LogP) is -0.710. The monoisotopic (exact) mass is 208 g/mol. The van der Waals surface area contributed by atoms with Crippen LogP contribution < -0.4 is 10.9 Å². The van der Waals surface area contributed by atoms with E-state index in [1.165, 1.54) is 10.6 Å². The molecule has 0 bridgehead atoms. The van der Waals surface area contributed by atoms with Gasteiger partial charge in [0.15, 0.2) is 0 Å². The van der Waals surface area contributed by atoms with Crippen LogP contribution in [-0.2, 0) is 6.54 Å². The Hall–Kier alpha value is -2.11. The number of amides is 1. The number of hydrogen-bond donors (Lipinski definition) is 2. The van der Waals surface area contributed by atoms with Crippen molar-refractivity contribution in [3.8, 4) is 0 Å². The first-order chi connectivity index (χ1) is 7.09. The number of aromatic nitrogens is 1. The lowest BCUT2D eigenvalue weighted by Crippen LogP contribution is -2.41. The lowest BCUT2D eigenvalue weighted by atomic mass is 10.2. The number of pyridine rings is 1. The SMILES string of the molecule is O=C(O)c1cc2n(c(=O)c1)CCNC2=O. The second-order valence-electron chi connectivity index (χ2n) is 3.18. The van der Waals surface area contributed by atoms with Crippen LogP contribution in [0.25, 0.3) is 0 Å². The largest absolute Gasteiger partial charge is 0.478 e. The van der Waals surface area contributed by atoms with Gasteiger partial charge in [-0.1, -0.05) is 0 Å². The van der Waals surface area contributed by atoms with Gasteiger partial charge in [0.05, 0.1) is 5.56 Å². The zero-order valence-electron chi connectivity index (χ0n) is 7.69. The Morgan fingerprint density at radius 3 is 2.80 bits per heavy atom. The predicted molar refractivity (Wildman–Crippen MR) is 50.0 cm³/mol. The Morgan fingerprint density at radius 1 is 1.40 bits per heavy atom. The summed E-state index contributed by atoms with van der Waals surface area (Å²) in [5.74, 6) is -1.63. The van der Waals surface area contributed by atoms with Crippen molar-refractivity contribution in [2.24, 2.45) is 0 Å². The van der Waals surface area contributed by atoms with Gasteiger partial charge in [-0.05, 0) is 6.07 Å². The number of nitrogens with one attached hydrogen (secondary N) is 1. The minimum absolute atomic E-state index is 0.103. The zero-order chi connectivity index (χ0) is 11.0. The van der Waals surface area contributed by atoms with E-state index in [9.17, 15) is 14.4 Å².